The molecule has 0 bridgehead atoms. The van der Waals surface area contributed by atoms with Crippen molar-refractivity contribution in [3.63, 3.8) is 0 Å². The molecule has 3 aromatic rings. The van der Waals surface area contributed by atoms with Crippen molar-refractivity contribution >= 4 is 17.2 Å². The van der Waals surface area contributed by atoms with Gasteiger partial charge in [-0.15, -0.1) is 11.3 Å². The molecule has 128 valence electrons. The zero-order valence-corrected chi connectivity index (χ0v) is 13.7. The highest BCUT2D eigenvalue weighted by Gasteiger charge is 2.33. The zero-order chi connectivity index (χ0) is 18.0. The summed E-state index contributed by atoms with van der Waals surface area (Å²) < 4.78 is 39.7. The fourth-order valence-electron chi connectivity index (χ4n) is 2.50. The van der Waals surface area contributed by atoms with E-state index in [9.17, 15) is 18.0 Å². The van der Waals surface area contributed by atoms with E-state index in [4.69, 9.17) is 5.73 Å². The quantitative estimate of drug-likeness (QED) is 0.742. The molecule has 0 saturated carbocycles. The Kier molecular flexibility index (Phi) is 4.59. The number of rotatable bonds is 4. The molecule has 0 atom stereocenters. The minimum atomic E-state index is -4.43. The summed E-state index contributed by atoms with van der Waals surface area (Å²) in [5.41, 5.74) is 6.33. The number of amides is 1. The van der Waals surface area contributed by atoms with Gasteiger partial charge in [0, 0.05) is 10.9 Å². The van der Waals surface area contributed by atoms with Gasteiger partial charge in [0.25, 0.3) is 0 Å². The van der Waals surface area contributed by atoms with E-state index in [2.05, 4.69) is 4.98 Å². The Morgan fingerprint density at radius 3 is 2.52 bits per heavy atom. The van der Waals surface area contributed by atoms with Crippen LogP contribution < -0.4 is 5.73 Å². The first-order valence-corrected chi connectivity index (χ1v) is 8.22. The van der Waals surface area contributed by atoms with Crippen LogP contribution in [0.15, 0.2) is 53.9 Å². The Morgan fingerprint density at radius 2 is 1.80 bits per heavy atom. The number of carbonyl (C=O) groups excluding carboxylic acids is 1. The third-order valence-electron chi connectivity index (χ3n) is 3.58. The number of primary amides is 1. The number of thiazole rings is 1. The number of halogens is 3. The first-order valence-electron chi connectivity index (χ1n) is 7.34. The van der Waals surface area contributed by atoms with Crippen molar-refractivity contribution in [2.24, 2.45) is 5.73 Å². The standard InChI is InChI=1S/C18H13F3N2OS/c19-18(20,21)14-7-2-1-6-13(14)11-4-3-5-12(8-11)15-10-25-17(23-15)9-16(22)24/h1-8,10H,9H2,(H2,22,24). The second-order valence-corrected chi connectivity index (χ2v) is 6.34. The van der Waals surface area contributed by atoms with E-state index in [0.29, 0.717) is 21.8 Å². The molecule has 2 aromatic carbocycles. The number of benzene rings is 2. The number of carbonyl (C=O) groups is 1. The number of aromatic nitrogens is 1. The summed E-state index contributed by atoms with van der Waals surface area (Å²) in [5.74, 6) is -0.478. The Labute approximate surface area is 145 Å². The Balaban J connectivity index is 2.01. The van der Waals surface area contributed by atoms with Gasteiger partial charge in [-0.3, -0.25) is 4.79 Å². The van der Waals surface area contributed by atoms with Gasteiger partial charge in [-0.25, -0.2) is 4.98 Å². The number of alkyl halides is 3. The molecule has 7 heteroatoms. The maximum atomic E-state index is 13.2. The van der Waals surface area contributed by atoms with Crippen molar-refractivity contribution in [2.75, 3.05) is 0 Å². The Morgan fingerprint density at radius 1 is 1.08 bits per heavy atom. The van der Waals surface area contributed by atoms with E-state index in [1.165, 1.54) is 23.5 Å². The van der Waals surface area contributed by atoms with Gasteiger partial charge in [0.05, 0.1) is 17.7 Å². The molecule has 0 aliphatic carbocycles. The van der Waals surface area contributed by atoms with Crippen molar-refractivity contribution in [1.29, 1.82) is 0 Å². The van der Waals surface area contributed by atoms with Crippen LogP contribution in [0.3, 0.4) is 0 Å². The summed E-state index contributed by atoms with van der Waals surface area (Å²) in [7, 11) is 0. The summed E-state index contributed by atoms with van der Waals surface area (Å²) in [4.78, 5) is 15.3. The van der Waals surface area contributed by atoms with E-state index < -0.39 is 17.6 Å². The van der Waals surface area contributed by atoms with Crippen LogP contribution in [-0.2, 0) is 17.4 Å². The minimum Gasteiger partial charge on any atom is -0.369 e. The molecule has 3 nitrogen and oxygen atoms in total. The van der Waals surface area contributed by atoms with Gasteiger partial charge < -0.3 is 5.73 Å². The fourth-order valence-corrected chi connectivity index (χ4v) is 3.31. The van der Waals surface area contributed by atoms with E-state index in [1.54, 1.807) is 35.7 Å². The smallest absolute Gasteiger partial charge is 0.369 e. The van der Waals surface area contributed by atoms with Gasteiger partial charge in [0.2, 0.25) is 5.91 Å². The molecule has 2 N–H and O–H groups in total. The summed E-state index contributed by atoms with van der Waals surface area (Å²) in [5, 5.41) is 2.33. The van der Waals surface area contributed by atoms with Gasteiger partial charge in [-0.2, -0.15) is 13.2 Å². The van der Waals surface area contributed by atoms with Crippen LogP contribution in [0.4, 0.5) is 13.2 Å². The molecule has 25 heavy (non-hydrogen) atoms. The normalized spacial score (nSPS) is 11.5. The maximum absolute atomic E-state index is 13.2. The van der Waals surface area contributed by atoms with Gasteiger partial charge >= 0.3 is 6.18 Å². The molecule has 3 rings (SSSR count). The predicted octanol–water partition coefficient (Wildman–Crippen LogP) is 4.52. The maximum Gasteiger partial charge on any atom is 0.417 e. The van der Waals surface area contributed by atoms with Crippen LogP contribution in [0.1, 0.15) is 10.6 Å². The molecule has 0 spiro atoms. The lowest BCUT2D eigenvalue weighted by Crippen LogP contribution is -2.13. The Hall–Kier alpha value is -2.67. The van der Waals surface area contributed by atoms with Crippen LogP contribution in [0, 0.1) is 0 Å². The number of nitrogens with zero attached hydrogens (tertiary/aromatic N) is 1. The molecule has 0 radical (unpaired) electrons. The number of hydrogen-bond acceptors (Lipinski definition) is 3. The largest absolute Gasteiger partial charge is 0.417 e. The predicted molar refractivity (Wildman–Crippen MR) is 90.9 cm³/mol. The second kappa shape index (κ2) is 6.68. The SMILES string of the molecule is NC(=O)Cc1nc(-c2cccc(-c3ccccc3C(F)(F)F)c2)cs1. The van der Waals surface area contributed by atoms with Crippen molar-refractivity contribution in [2.45, 2.75) is 12.6 Å². The van der Waals surface area contributed by atoms with Crippen molar-refractivity contribution in [3.8, 4) is 22.4 Å². The first-order chi connectivity index (χ1) is 11.8. The molecule has 0 aliphatic rings. The number of nitrogens with two attached hydrogens (primary N) is 1. The third-order valence-corrected chi connectivity index (χ3v) is 4.43. The molecular formula is C18H13F3N2OS. The first kappa shape index (κ1) is 17.2. The summed E-state index contributed by atoms with van der Waals surface area (Å²) >= 11 is 1.29. The molecule has 0 unspecified atom stereocenters. The van der Waals surface area contributed by atoms with E-state index in [0.717, 1.165) is 6.07 Å². The van der Waals surface area contributed by atoms with Crippen LogP contribution in [-0.4, -0.2) is 10.9 Å². The van der Waals surface area contributed by atoms with Gasteiger partial charge in [-0.1, -0.05) is 36.4 Å². The lowest BCUT2D eigenvalue weighted by atomic mass is 9.97. The van der Waals surface area contributed by atoms with E-state index >= 15 is 0 Å². The molecule has 1 heterocycles. The monoisotopic (exact) mass is 362 g/mol. The third kappa shape index (κ3) is 3.88. The van der Waals surface area contributed by atoms with Crippen molar-refractivity contribution in [3.05, 3.63) is 64.5 Å². The lowest BCUT2D eigenvalue weighted by Gasteiger charge is -2.13. The van der Waals surface area contributed by atoms with E-state index in [-0.39, 0.29) is 12.0 Å². The number of hydrogen-bond donors (Lipinski definition) is 1. The highest BCUT2D eigenvalue weighted by Crippen LogP contribution is 2.37. The van der Waals surface area contributed by atoms with Gasteiger partial charge in [-0.05, 0) is 23.3 Å². The van der Waals surface area contributed by atoms with Crippen LogP contribution in [0.5, 0.6) is 0 Å². The summed E-state index contributed by atoms with van der Waals surface area (Å²) in [6.07, 6.45) is -4.39. The van der Waals surface area contributed by atoms with Gasteiger partial charge in [0.15, 0.2) is 0 Å². The lowest BCUT2D eigenvalue weighted by molar-refractivity contribution is -0.137. The second-order valence-electron chi connectivity index (χ2n) is 5.39. The average molecular weight is 362 g/mol. The Bertz CT molecular complexity index is 918. The molecule has 1 aromatic heterocycles. The van der Waals surface area contributed by atoms with Crippen LogP contribution in [0.2, 0.25) is 0 Å². The molecule has 1 amide bonds. The van der Waals surface area contributed by atoms with Crippen molar-refractivity contribution in [1.82, 2.24) is 4.98 Å². The molecular weight excluding hydrogens is 349 g/mol. The fraction of sp³-hybridized carbons (Fsp3) is 0.111. The van der Waals surface area contributed by atoms with Crippen LogP contribution in [0.25, 0.3) is 22.4 Å². The molecule has 0 fully saturated rings. The average Bonchev–Trinajstić information content (AvgIpc) is 3.02. The highest BCUT2D eigenvalue weighted by molar-refractivity contribution is 7.10. The topological polar surface area (TPSA) is 56.0 Å². The summed E-state index contributed by atoms with van der Waals surface area (Å²) in [6.45, 7) is 0. The molecule has 0 saturated heterocycles. The highest BCUT2D eigenvalue weighted by atomic mass is 32.1. The molecule has 0 aliphatic heterocycles. The van der Waals surface area contributed by atoms with Gasteiger partial charge in [0.1, 0.15) is 5.01 Å². The minimum absolute atomic E-state index is 0.0429. The zero-order valence-electron chi connectivity index (χ0n) is 12.9. The van der Waals surface area contributed by atoms with E-state index in [1.807, 2.05) is 0 Å². The van der Waals surface area contributed by atoms with Crippen molar-refractivity contribution < 1.29 is 18.0 Å². The summed E-state index contributed by atoms with van der Waals surface area (Å²) in [6, 6.07) is 12.2. The van der Waals surface area contributed by atoms with Crippen LogP contribution >= 0.6 is 11.3 Å².